The summed E-state index contributed by atoms with van der Waals surface area (Å²) in [5.41, 5.74) is 1.54. The van der Waals surface area contributed by atoms with Crippen LogP contribution in [0.2, 0.25) is 0 Å². The Morgan fingerprint density at radius 2 is 1.90 bits per heavy atom. The number of amides is 1. The molecule has 0 bridgehead atoms. The number of ether oxygens (including phenoxy) is 2. The predicted octanol–water partition coefficient (Wildman–Crippen LogP) is 3.85. The lowest BCUT2D eigenvalue weighted by Gasteiger charge is -2.36. The molecule has 262 valence electrons. The Morgan fingerprint density at radius 3 is 2.54 bits per heavy atom. The third kappa shape index (κ3) is 9.78. The number of carboxylic acid groups (broad SMARTS) is 1. The molecular weight excluding hydrogens is 638 g/mol. The standard InChI is InChI=1S/C34H47N5O8S/c1-23-17-39(24(2)21-40)33(41)29-16-28(36-48(44,45)32-20-38(5)22-35-32)13-14-30(29)47-25(3)8-6-7-15-46-31(23)19-37(4)18-26-9-11-27(12-10-26)34(42)43/h9-14,16,20,22-25,31,36,40H,6-8,15,17-19,21H2,1-5H3,(H,42,43)/t23-,24+,25+,31+/m0/s1. The highest BCUT2D eigenvalue weighted by Gasteiger charge is 2.31. The van der Waals surface area contributed by atoms with E-state index in [1.165, 1.54) is 23.2 Å². The quantitative estimate of drug-likeness (QED) is 0.286. The van der Waals surface area contributed by atoms with Crippen LogP contribution in [0.1, 0.15) is 66.3 Å². The van der Waals surface area contributed by atoms with Crippen molar-refractivity contribution in [3.05, 3.63) is 71.7 Å². The number of hydrogen-bond donors (Lipinski definition) is 3. The Morgan fingerprint density at radius 1 is 1.17 bits per heavy atom. The summed E-state index contributed by atoms with van der Waals surface area (Å²) in [6.45, 7) is 7.31. The van der Waals surface area contributed by atoms with Gasteiger partial charge in [-0.25, -0.2) is 9.78 Å². The number of nitrogens with one attached hydrogen (secondary N) is 1. The number of rotatable bonds is 10. The minimum atomic E-state index is -4.02. The van der Waals surface area contributed by atoms with Gasteiger partial charge in [0, 0.05) is 51.1 Å². The second kappa shape index (κ2) is 16.4. The number of anilines is 1. The first-order valence-electron chi connectivity index (χ1n) is 16.1. The third-order valence-electron chi connectivity index (χ3n) is 8.41. The highest BCUT2D eigenvalue weighted by atomic mass is 32.2. The summed E-state index contributed by atoms with van der Waals surface area (Å²) in [6, 6.07) is 10.8. The second-order valence-corrected chi connectivity index (χ2v) is 14.3. The Hall–Kier alpha value is -3.98. The van der Waals surface area contributed by atoms with E-state index in [0.717, 1.165) is 18.4 Å². The Kier molecular flexibility index (Phi) is 12.6. The van der Waals surface area contributed by atoms with Gasteiger partial charge in [0.05, 0.1) is 42.3 Å². The van der Waals surface area contributed by atoms with Gasteiger partial charge in [0.2, 0.25) is 0 Å². The molecule has 0 unspecified atom stereocenters. The Bertz CT molecular complexity index is 1650. The summed E-state index contributed by atoms with van der Waals surface area (Å²) in [7, 11) is -0.386. The summed E-state index contributed by atoms with van der Waals surface area (Å²) < 4.78 is 42.8. The maximum absolute atomic E-state index is 14.3. The second-order valence-electron chi connectivity index (χ2n) is 12.7. The molecule has 1 aliphatic rings. The van der Waals surface area contributed by atoms with Crippen molar-refractivity contribution in [1.82, 2.24) is 19.4 Å². The number of carbonyl (C=O) groups is 2. The summed E-state index contributed by atoms with van der Waals surface area (Å²) in [6.07, 6.45) is 4.65. The fraction of sp³-hybridized carbons (Fsp3) is 0.500. The first-order valence-corrected chi connectivity index (χ1v) is 17.6. The molecule has 0 aliphatic carbocycles. The van der Waals surface area contributed by atoms with Gasteiger partial charge in [0.25, 0.3) is 15.9 Å². The zero-order valence-electron chi connectivity index (χ0n) is 28.2. The Labute approximate surface area is 282 Å². The minimum Gasteiger partial charge on any atom is -0.490 e. The van der Waals surface area contributed by atoms with Gasteiger partial charge < -0.3 is 29.2 Å². The summed E-state index contributed by atoms with van der Waals surface area (Å²) in [5, 5.41) is 19.3. The zero-order valence-corrected chi connectivity index (χ0v) is 29.0. The number of aromatic carboxylic acids is 1. The lowest BCUT2D eigenvalue weighted by atomic mass is 10.0. The van der Waals surface area contributed by atoms with Crippen molar-refractivity contribution < 1.29 is 37.7 Å². The van der Waals surface area contributed by atoms with Crippen LogP contribution >= 0.6 is 0 Å². The number of nitrogens with zero attached hydrogens (tertiary/aromatic N) is 4. The van der Waals surface area contributed by atoms with E-state index in [-0.39, 0.29) is 53.1 Å². The van der Waals surface area contributed by atoms with E-state index < -0.39 is 27.9 Å². The van der Waals surface area contributed by atoms with Crippen molar-refractivity contribution in [3.8, 4) is 5.75 Å². The van der Waals surface area contributed by atoms with Crippen LogP contribution in [0.5, 0.6) is 5.75 Å². The molecule has 13 nitrogen and oxygen atoms in total. The van der Waals surface area contributed by atoms with Crippen molar-refractivity contribution in [3.63, 3.8) is 0 Å². The number of sulfonamides is 1. The highest BCUT2D eigenvalue weighted by Crippen LogP contribution is 2.29. The number of aliphatic hydroxyl groups excluding tert-OH is 1. The number of aromatic nitrogens is 2. The van der Waals surface area contributed by atoms with Crippen LogP contribution in [-0.4, -0.2) is 101 Å². The number of aryl methyl sites for hydroxylation is 1. The van der Waals surface area contributed by atoms with Crippen molar-refractivity contribution in [2.75, 3.05) is 38.1 Å². The van der Waals surface area contributed by atoms with Crippen LogP contribution in [0.4, 0.5) is 5.69 Å². The fourth-order valence-corrected chi connectivity index (χ4v) is 6.65. The van der Waals surface area contributed by atoms with Gasteiger partial charge in [0.1, 0.15) is 5.75 Å². The van der Waals surface area contributed by atoms with Gasteiger partial charge in [0.15, 0.2) is 5.03 Å². The molecule has 3 N–H and O–H groups in total. The van der Waals surface area contributed by atoms with Gasteiger partial charge in [-0.05, 0) is 76.1 Å². The lowest BCUT2D eigenvalue weighted by Crippen LogP contribution is -2.47. The number of likely N-dealkylation sites (N-methyl/N-ethyl adjacent to an activating group) is 1. The van der Waals surface area contributed by atoms with Gasteiger partial charge in [-0.15, -0.1) is 0 Å². The molecule has 1 aromatic heterocycles. The zero-order chi connectivity index (χ0) is 35.0. The van der Waals surface area contributed by atoms with E-state index in [9.17, 15) is 28.2 Å². The van der Waals surface area contributed by atoms with Crippen LogP contribution in [-0.2, 0) is 28.4 Å². The van der Waals surface area contributed by atoms with Crippen LogP contribution in [0.15, 0.2) is 60.0 Å². The molecule has 0 fully saturated rings. The van der Waals surface area contributed by atoms with Crippen LogP contribution in [0.25, 0.3) is 0 Å². The molecule has 0 spiro atoms. The topological polar surface area (TPSA) is 164 Å². The van der Waals surface area contributed by atoms with Crippen molar-refractivity contribution >= 4 is 27.6 Å². The SMILES string of the molecule is C[C@@H]1CCCCO[C@H](CN(C)Cc2ccc(C(=O)O)cc2)[C@@H](C)CN([C@H](C)CO)C(=O)c2cc(NS(=O)(=O)c3cn(C)cn3)ccc2O1. The number of carboxylic acids is 1. The molecule has 0 saturated heterocycles. The molecule has 0 radical (unpaired) electrons. The molecule has 1 aliphatic heterocycles. The number of imidazole rings is 1. The summed E-state index contributed by atoms with van der Waals surface area (Å²) in [5.74, 6) is -1.21. The molecular formula is C34H47N5O8S. The molecule has 2 aromatic carbocycles. The number of fused-ring (bicyclic) bond motifs is 1. The average Bonchev–Trinajstić information content (AvgIpc) is 3.49. The Balaban J connectivity index is 1.61. The summed E-state index contributed by atoms with van der Waals surface area (Å²) >= 11 is 0. The number of aliphatic hydroxyl groups is 1. The monoisotopic (exact) mass is 685 g/mol. The van der Waals surface area contributed by atoms with Crippen molar-refractivity contribution in [2.45, 2.75) is 69.9 Å². The molecule has 14 heteroatoms. The predicted molar refractivity (Wildman–Crippen MR) is 181 cm³/mol. The van der Waals surface area contributed by atoms with E-state index >= 15 is 0 Å². The number of benzene rings is 2. The van der Waals surface area contributed by atoms with Gasteiger partial charge in [-0.2, -0.15) is 8.42 Å². The average molecular weight is 686 g/mol. The van der Waals surface area contributed by atoms with Crippen LogP contribution in [0.3, 0.4) is 0 Å². The van der Waals surface area contributed by atoms with E-state index in [4.69, 9.17) is 9.47 Å². The molecule has 48 heavy (non-hydrogen) atoms. The molecule has 4 atom stereocenters. The van der Waals surface area contributed by atoms with E-state index in [2.05, 4.69) is 14.6 Å². The van der Waals surface area contributed by atoms with E-state index in [0.29, 0.717) is 31.9 Å². The number of carbonyl (C=O) groups excluding carboxylic acids is 1. The lowest BCUT2D eigenvalue weighted by molar-refractivity contribution is -0.0177. The van der Waals surface area contributed by atoms with E-state index in [1.54, 1.807) is 55.3 Å². The van der Waals surface area contributed by atoms with Gasteiger partial charge in [-0.1, -0.05) is 19.1 Å². The highest BCUT2D eigenvalue weighted by molar-refractivity contribution is 7.92. The third-order valence-corrected chi connectivity index (χ3v) is 9.67. The molecule has 2 heterocycles. The molecule has 0 saturated carbocycles. The van der Waals surface area contributed by atoms with Crippen molar-refractivity contribution in [2.24, 2.45) is 13.0 Å². The van der Waals surface area contributed by atoms with E-state index in [1.807, 2.05) is 20.9 Å². The van der Waals surface area contributed by atoms with Crippen molar-refractivity contribution in [1.29, 1.82) is 0 Å². The molecule has 4 rings (SSSR count). The van der Waals surface area contributed by atoms with Gasteiger partial charge in [-0.3, -0.25) is 14.4 Å². The fourth-order valence-electron chi connectivity index (χ4n) is 5.62. The van der Waals surface area contributed by atoms with Crippen LogP contribution in [0, 0.1) is 5.92 Å². The first-order chi connectivity index (χ1) is 22.8. The smallest absolute Gasteiger partial charge is 0.335 e. The molecule has 1 amide bonds. The minimum absolute atomic E-state index is 0.154. The normalized spacial score (nSPS) is 20.4. The maximum atomic E-state index is 14.3. The maximum Gasteiger partial charge on any atom is 0.335 e. The number of hydrogen-bond acceptors (Lipinski definition) is 9. The summed E-state index contributed by atoms with van der Waals surface area (Å²) in [4.78, 5) is 33.2. The molecule has 3 aromatic rings. The van der Waals surface area contributed by atoms with Gasteiger partial charge >= 0.3 is 5.97 Å². The first kappa shape index (κ1) is 36.8. The van der Waals surface area contributed by atoms with Crippen LogP contribution < -0.4 is 9.46 Å². The largest absolute Gasteiger partial charge is 0.490 e.